The van der Waals surface area contributed by atoms with Crippen LogP contribution in [0.2, 0.25) is 0 Å². The van der Waals surface area contributed by atoms with E-state index in [0.29, 0.717) is 19.4 Å². The smallest absolute Gasteiger partial charge is 0.410 e. The molecule has 3 fully saturated rings. The molecular formula is C20H31N3O5. The van der Waals surface area contributed by atoms with Crippen LogP contribution in [0.15, 0.2) is 0 Å². The number of amides is 3. The molecule has 156 valence electrons. The number of nitrogens with zero attached hydrogens (tertiary/aromatic N) is 1. The third-order valence-corrected chi connectivity index (χ3v) is 6.01. The highest BCUT2D eigenvalue weighted by atomic mass is 16.6. The third kappa shape index (κ3) is 4.64. The van der Waals surface area contributed by atoms with Crippen molar-refractivity contribution in [3.05, 3.63) is 0 Å². The monoisotopic (exact) mass is 393 g/mol. The van der Waals surface area contributed by atoms with Crippen LogP contribution in [-0.2, 0) is 19.1 Å². The number of hydrogen-bond donors (Lipinski definition) is 2. The number of carbonyl (C=O) groups excluding carboxylic acids is 4. The van der Waals surface area contributed by atoms with E-state index in [9.17, 15) is 19.2 Å². The number of ketones is 1. The molecule has 28 heavy (non-hydrogen) atoms. The summed E-state index contributed by atoms with van der Waals surface area (Å²) in [5.74, 6) is -1.17. The highest BCUT2D eigenvalue weighted by Gasteiger charge is 2.56. The van der Waals surface area contributed by atoms with E-state index in [4.69, 9.17) is 10.5 Å². The maximum atomic E-state index is 13.0. The van der Waals surface area contributed by atoms with Crippen molar-refractivity contribution in [2.45, 2.75) is 83.4 Å². The van der Waals surface area contributed by atoms with E-state index >= 15 is 0 Å². The molecule has 3 aliphatic rings. The van der Waals surface area contributed by atoms with Crippen LogP contribution in [0, 0.1) is 11.3 Å². The molecule has 1 saturated heterocycles. The summed E-state index contributed by atoms with van der Waals surface area (Å²) in [5, 5.41) is 2.70. The Kier molecular flexibility index (Phi) is 5.42. The lowest BCUT2D eigenvalue weighted by Gasteiger charge is -2.29. The molecule has 2 saturated carbocycles. The van der Waals surface area contributed by atoms with Gasteiger partial charge in [0.15, 0.2) is 0 Å². The summed E-state index contributed by atoms with van der Waals surface area (Å²) >= 11 is 0. The second-order valence-electron chi connectivity index (χ2n) is 9.58. The van der Waals surface area contributed by atoms with Crippen LogP contribution < -0.4 is 11.1 Å². The van der Waals surface area contributed by atoms with Crippen molar-refractivity contribution in [1.29, 1.82) is 0 Å². The van der Waals surface area contributed by atoms with Gasteiger partial charge < -0.3 is 15.8 Å². The topological polar surface area (TPSA) is 119 Å². The minimum atomic E-state index is -0.907. The maximum absolute atomic E-state index is 13.0. The summed E-state index contributed by atoms with van der Waals surface area (Å²) in [6.07, 6.45) is 4.27. The van der Waals surface area contributed by atoms with Crippen LogP contribution in [0.3, 0.4) is 0 Å². The van der Waals surface area contributed by atoms with Crippen molar-refractivity contribution >= 4 is 23.7 Å². The lowest BCUT2D eigenvalue weighted by Crippen LogP contribution is -2.53. The second kappa shape index (κ2) is 7.37. The first-order valence-corrected chi connectivity index (χ1v) is 10.1. The van der Waals surface area contributed by atoms with Crippen LogP contribution in [0.5, 0.6) is 0 Å². The minimum Gasteiger partial charge on any atom is -0.444 e. The highest BCUT2D eigenvalue weighted by Crippen LogP contribution is 2.55. The maximum Gasteiger partial charge on any atom is 0.410 e. The van der Waals surface area contributed by atoms with Crippen molar-refractivity contribution in [3.63, 3.8) is 0 Å². The van der Waals surface area contributed by atoms with Gasteiger partial charge in [-0.1, -0.05) is 0 Å². The van der Waals surface area contributed by atoms with Gasteiger partial charge in [0.05, 0.1) is 0 Å². The first kappa shape index (κ1) is 20.6. The fourth-order valence-electron chi connectivity index (χ4n) is 4.28. The van der Waals surface area contributed by atoms with E-state index in [1.54, 1.807) is 20.8 Å². The van der Waals surface area contributed by atoms with Gasteiger partial charge in [-0.2, -0.15) is 0 Å². The average molecular weight is 393 g/mol. The van der Waals surface area contributed by atoms with Crippen molar-refractivity contribution in [1.82, 2.24) is 10.2 Å². The van der Waals surface area contributed by atoms with Gasteiger partial charge in [0.1, 0.15) is 23.5 Å². The molecule has 1 heterocycles. The zero-order valence-corrected chi connectivity index (χ0v) is 17.0. The van der Waals surface area contributed by atoms with Gasteiger partial charge in [-0.15, -0.1) is 0 Å². The first-order chi connectivity index (χ1) is 13.0. The zero-order chi connectivity index (χ0) is 20.7. The van der Waals surface area contributed by atoms with Gasteiger partial charge in [-0.05, 0) is 64.7 Å². The Labute approximate surface area is 165 Å². The van der Waals surface area contributed by atoms with Crippen molar-refractivity contribution in [2.75, 3.05) is 6.54 Å². The van der Waals surface area contributed by atoms with E-state index in [-0.39, 0.29) is 23.5 Å². The summed E-state index contributed by atoms with van der Waals surface area (Å²) in [5.41, 5.74) is 4.81. The molecule has 3 N–H and O–H groups in total. The number of Topliss-reactive ketones (excluding diaryl/α,β-unsaturated/α-hetero) is 1. The van der Waals surface area contributed by atoms with E-state index < -0.39 is 35.6 Å². The minimum absolute atomic E-state index is 0.0114. The quantitative estimate of drug-likeness (QED) is 0.734. The fraction of sp³-hybridized carbons (Fsp3) is 0.800. The van der Waals surface area contributed by atoms with E-state index in [1.165, 1.54) is 4.90 Å². The molecule has 0 aromatic carbocycles. The Morgan fingerprint density at radius 1 is 1.32 bits per heavy atom. The molecule has 3 amide bonds. The van der Waals surface area contributed by atoms with Crippen LogP contribution in [-0.4, -0.2) is 52.8 Å². The largest absolute Gasteiger partial charge is 0.444 e. The summed E-state index contributed by atoms with van der Waals surface area (Å²) < 4.78 is 5.47. The van der Waals surface area contributed by atoms with Gasteiger partial charge in [-0.25, -0.2) is 4.79 Å². The number of hydrogen-bond acceptors (Lipinski definition) is 5. The molecular weight excluding hydrogens is 362 g/mol. The molecule has 0 aromatic heterocycles. The molecule has 0 aromatic rings. The standard InChI is InChI=1S/C20H31N3O5/c1-19(2,3)28-18(27)23-11-20(7-8-20)10-14(23)17(26)22-13(16(21)25)9-12-5-4-6-15(12)24/h12-14H,4-11H2,1-3H3,(H2,21,25)(H,22,26)/t12-,13-,14-/m0/s1. The van der Waals surface area contributed by atoms with Crippen LogP contribution in [0.1, 0.15) is 65.7 Å². The summed E-state index contributed by atoms with van der Waals surface area (Å²) in [4.78, 5) is 50.8. The predicted molar refractivity (Wildman–Crippen MR) is 101 cm³/mol. The Morgan fingerprint density at radius 2 is 2.00 bits per heavy atom. The fourth-order valence-corrected chi connectivity index (χ4v) is 4.28. The van der Waals surface area contributed by atoms with Gasteiger partial charge in [0.2, 0.25) is 11.8 Å². The van der Waals surface area contributed by atoms with Crippen LogP contribution in [0.25, 0.3) is 0 Å². The summed E-state index contributed by atoms with van der Waals surface area (Å²) in [7, 11) is 0. The van der Waals surface area contributed by atoms with E-state index in [0.717, 1.165) is 25.7 Å². The van der Waals surface area contributed by atoms with Gasteiger partial charge in [0.25, 0.3) is 0 Å². The van der Waals surface area contributed by atoms with Crippen molar-refractivity contribution in [2.24, 2.45) is 17.1 Å². The second-order valence-corrected chi connectivity index (χ2v) is 9.58. The summed E-state index contributed by atoms with van der Waals surface area (Å²) in [6, 6.07) is -1.59. The number of nitrogens with two attached hydrogens (primary N) is 1. The Bertz CT molecular complexity index is 680. The number of rotatable bonds is 5. The van der Waals surface area contributed by atoms with Gasteiger partial charge in [-0.3, -0.25) is 19.3 Å². The van der Waals surface area contributed by atoms with Crippen molar-refractivity contribution < 1.29 is 23.9 Å². The Hall–Kier alpha value is -2.12. The summed E-state index contributed by atoms with van der Waals surface area (Å²) in [6.45, 7) is 5.84. The number of likely N-dealkylation sites (tertiary alicyclic amines) is 1. The van der Waals surface area contributed by atoms with Gasteiger partial charge >= 0.3 is 6.09 Å². The van der Waals surface area contributed by atoms with E-state index in [1.807, 2.05) is 0 Å². The molecule has 0 bridgehead atoms. The molecule has 1 spiro atoms. The van der Waals surface area contributed by atoms with Crippen molar-refractivity contribution in [3.8, 4) is 0 Å². The van der Waals surface area contributed by atoms with Crippen LogP contribution in [0.4, 0.5) is 4.79 Å². The lowest BCUT2D eigenvalue weighted by atomic mass is 9.96. The number of carbonyl (C=O) groups is 4. The molecule has 2 aliphatic carbocycles. The highest BCUT2D eigenvalue weighted by molar-refractivity contribution is 5.92. The lowest BCUT2D eigenvalue weighted by molar-refractivity contribution is -0.131. The number of primary amides is 1. The molecule has 1 aliphatic heterocycles. The molecule has 3 atom stereocenters. The Morgan fingerprint density at radius 3 is 2.50 bits per heavy atom. The molecule has 8 nitrogen and oxygen atoms in total. The number of nitrogens with one attached hydrogen (secondary N) is 1. The first-order valence-electron chi connectivity index (χ1n) is 10.1. The zero-order valence-electron chi connectivity index (χ0n) is 17.0. The van der Waals surface area contributed by atoms with Crippen LogP contribution >= 0.6 is 0 Å². The number of ether oxygens (including phenoxy) is 1. The SMILES string of the molecule is CC(C)(C)OC(=O)N1CC2(CC2)C[C@H]1C(=O)N[C@@H](C[C@@H]1CCCC1=O)C(N)=O. The molecule has 8 heteroatoms. The third-order valence-electron chi connectivity index (χ3n) is 6.01. The normalized spacial score (nSPS) is 27.0. The van der Waals surface area contributed by atoms with E-state index in [2.05, 4.69) is 5.32 Å². The molecule has 0 unspecified atom stereocenters. The molecule has 0 radical (unpaired) electrons. The van der Waals surface area contributed by atoms with Gasteiger partial charge in [0, 0.05) is 18.9 Å². The predicted octanol–water partition coefficient (Wildman–Crippen LogP) is 1.51. The Balaban J connectivity index is 1.68. The average Bonchev–Trinajstić information content (AvgIpc) is 3.02. The molecule has 3 rings (SSSR count).